The third-order valence-electron chi connectivity index (χ3n) is 3.24. The van der Waals surface area contributed by atoms with Crippen LogP contribution in [0, 0.1) is 0 Å². The fourth-order valence-electron chi connectivity index (χ4n) is 2.26. The molecule has 0 aliphatic rings. The van der Waals surface area contributed by atoms with Crippen LogP contribution in [0.1, 0.15) is 5.82 Å². The summed E-state index contributed by atoms with van der Waals surface area (Å²) in [6, 6.07) is 15.3. The topological polar surface area (TPSA) is 27.1 Å². The summed E-state index contributed by atoms with van der Waals surface area (Å²) in [5.74, 6) is 1.62. The van der Waals surface area contributed by atoms with E-state index >= 15 is 0 Å². The van der Waals surface area contributed by atoms with Crippen LogP contribution in [0.25, 0.3) is 11.0 Å². The van der Waals surface area contributed by atoms with E-state index in [2.05, 4.69) is 32.1 Å². The third-order valence-corrected chi connectivity index (χ3v) is 3.75. The Morgan fingerprint density at radius 1 is 1.18 bits per heavy atom. The standard InChI is InChI=1S/C17H14BrClN2O/c1-12(18)10-21-16-5-3-2-4-15(16)20-17(21)11-22-14-8-6-13(19)7-9-14/h2-9H,1,10-11H2. The van der Waals surface area contributed by atoms with Crippen LogP contribution in [0.15, 0.2) is 59.6 Å². The molecule has 0 saturated carbocycles. The molecule has 0 unspecified atom stereocenters. The smallest absolute Gasteiger partial charge is 0.148 e. The molecule has 0 amide bonds. The minimum absolute atomic E-state index is 0.386. The average Bonchev–Trinajstić information content (AvgIpc) is 2.84. The monoisotopic (exact) mass is 376 g/mol. The maximum atomic E-state index is 5.88. The lowest BCUT2D eigenvalue weighted by molar-refractivity contribution is 0.291. The number of rotatable bonds is 5. The Morgan fingerprint density at radius 2 is 1.91 bits per heavy atom. The van der Waals surface area contributed by atoms with Gasteiger partial charge in [0.05, 0.1) is 17.6 Å². The van der Waals surface area contributed by atoms with E-state index in [1.54, 1.807) is 12.1 Å². The summed E-state index contributed by atoms with van der Waals surface area (Å²) in [4.78, 5) is 4.65. The number of benzene rings is 2. The second kappa shape index (κ2) is 6.55. The van der Waals surface area contributed by atoms with Gasteiger partial charge < -0.3 is 9.30 Å². The molecule has 0 spiro atoms. The van der Waals surface area contributed by atoms with Crippen LogP contribution in [-0.2, 0) is 13.2 Å². The summed E-state index contributed by atoms with van der Waals surface area (Å²) >= 11 is 9.30. The van der Waals surface area contributed by atoms with Crippen molar-refractivity contribution in [2.45, 2.75) is 13.2 Å². The molecular formula is C17H14BrClN2O. The lowest BCUT2D eigenvalue weighted by atomic mass is 10.3. The molecule has 5 heteroatoms. The summed E-state index contributed by atoms with van der Waals surface area (Å²) < 4.78 is 8.80. The van der Waals surface area contributed by atoms with Gasteiger partial charge in [0.15, 0.2) is 0 Å². The quantitative estimate of drug-likeness (QED) is 0.613. The van der Waals surface area contributed by atoms with Gasteiger partial charge in [0.25, 0.3) is 0 Å². The molecule has 0 bridgehead atoms. The number of nitrogens with zero attached hydrogens (tertiary/aromatic N) is 2. The summed E-state index contributed by atoms with van der Waals surface area (Å²) in [5.41, 5.74) is 2.02. The largest absolute Gasteiger partial charge is 0.486 e. The zero-order valence-corrected chi connectivity index (χ0v) is 14.1. The number of ether oxygens (including phenoxy) is 1. The molecule has 112 valence electrons. The van der Waals surface area contributed by atoms with Crippen LogP contribution < -0.4 is 4.74 Å². The number of para-hydroxylation sites is 2. The van der Waals surface area contributed by atoms with Crippen molar-refractivity contribution in [1.29, 1.82) is 0 Å². The molecule has 1 aromatic heterocycles. The second-order valence-corrected chi connectivity index (χ2v) is 6.42. The number of aromatic nitrogens is 2. The van der Waals surface area contributed by atoms with Crippen LogP contribution in [-0.4, -0.2) is 9.55 Å². The van der Waals surface area contributed by atoms with E-state index in [1.165, 1.54) is 0 Å². The van der Waals surface area contributed by atoms with Crippen molar-refractivity contribution in [2.75, 3.05) is 0 Å². The molecule has 1 heterocycles. The first-order valence-corrected chi connectivity index (χ1v) is 7.96. The van der Waals surface area contributed by atoms with Gasteiger partial charge in [0, 0.05) is 9.51 Å². The second-order valence-electron chi connectivity index (χ2n) is 4.86. The predicted octanol–water partition coefficient (Wildman–Crippen LogP) is 5.18. The zero-order chi connectivity index (χ0) is 15.5. The van der Waals surface area contributed by atoms with Crippen molar-refractivity contribution in [3.8, 4) is 5.75 Å². The predicted molar refractivity (Wildman–Crippen MR) is 93.6 cm³/mol. The van der Waals surface area contributed by atoms with Gasteiger partial charge >= 0.3 is 0 Å². The lowest BCUT2D eigenvalue weighted by Gasteiger charge is -2.10. The van der Waals surface area contributed by atoms with Crippen molar-refractivity contribution in [2.24, 2.45) is 0 Å². The highest BCUT2D eigenvalue weighted by Gasteiger charge is 2.11. The van der Waals surface area contributed by atoms with Crippen LogP contribution >= 0.6 is 27.5 Å². The summed E-state index contributed by atoms with van der Waals surface area (Å²) in [7, 11) is 0. The average molecular weight is 378 g/mol. The molecule has 2 aromatic carbocycles. The molecule has 22 heavy (non-hydrogen) atoms. The molecule has 0 radical (unpaired) electrons. The summed E-state index contributed by atoms with van der Waals surface area (Å²) in [5, 5.41) is 0.690. The van der Waals surface area contributed by atoms with Crippen molar-refractivity contribution >= 4 is 38.6 Å². The highest BCUT2D eigenvalue weighted by Crippen LogP contribution is 2.21. The minimum Gasteiger partial charge on any atom is -0.486 e. The SMILES string of the molecule is C=C(Br)Cn1c(COc2ccc(Cl)cc2)nc2ccccc21. The van der Waals surface area contributed by atoms with Crippen molar-refractivity contribution in [1.82, 2.24) is 9.55 Å². The van der Waals surface area contributed by atoms with Crippen LogP contribution in [0.4, 0.5) is 0 Å². The van der Waals surface area contributed by atoms with Crippen LogP contribution in [0.3, 0.4) is 0 Å². The number of hydrogen-bond donors (Lipinski definition) is 0. The minimum atomic E-state index is 0.386. The Balaban J connectivity index is 1.88. The van der Waals surface area contributed by atoms with Crippen molar-refractivity contribution in [3.05, 3.63) is 70.4 Å². The fraction of sp³-hybridized carbons (Fsp3) is 0.118. The Bertz CT molecular complexity index is 811. The van der Waals surface area contributed by atoms with Gasteiger partial charge in [-0.1, -0.05) is 46.2 Å². The van der Waals surface area contributed by atoms with Crippen molar-refractivity contribution < 1.29 is 4.74 Å². The number of imidazole rings is 1. The number of halogens is 2. The normalized spacial score (nSPS) is 10.8. The molecule has 3 nitrogen and oxygen atoms in total. The van der Waals surface area contributed by atoms with Gasteiger partial charge in [-0.25, -0.2) is 4.98 Å². The molecule has 0 atom stereocenters. The Kier molecular flexibility index (Phi) is 4.50. The van der Waals surface area contributed by atoms with E-state index in [-0.39, 0.29) is 0 Å². The molecule has 0 aliphatic carbocycles. The van der Waals surface area contributed by atoms with E-state index in [9.17, 15) is 0 Å². The van der Waals surface area contributed by atoms with Gasteiger partial charge in [0.2, 0.25) is 0 Å². The number of fused-ring (bicyclic) bond motifs is 1. The van der Waals surface area contributed by atoms with Gasteiger partial charge in [-0.3, -0.25) is 0 Å². The molecule has 3 rings (SSSR count). The highest BCUT2D eigenvalue weighted by atomic mass is 79.9. The van der Waals surface area contributed by atoms with E-state index in [0.29, 0.717) is 18.2 Å². The molecule has 0 aliphatic heterocycles. The Hall–Kier alpha value is -1.78. The number of hydrogen-bond acceptors (Lipinski definition) is 2. The maximum Gasteiger partial charge on any atom is 0.148 e. The van der Waals surface area contributed by atoms with E-state index in [1.807, 2.05) is 36.4 Å². The molecule has 0 saturated heterocycles. The van der Waals surface area contributed by atoms with Gasteiger partial charge in [-0.15, -0.1) is 0 Å². The first-order valence-electron chi connectivity index (χ1n) is 6.79. The molecular weight excluding hydrogens is 364 g/mol. The fourth-order valence-corrected chi connectivity index (χ4v) is 2.64. The van der Waals surface area contributed by atoms with Crippen LogP contribution in [0.2, 0.25) is 5.02 Å². The first-order chi connectivity index (χ1) is 10.6. The lowest BCUT2D eigenvalue weighted by Crippen LogP contribution is -2.07. The molecule has 0 N–H and O–H groups in total. The van der Waals surface area contributed by atoms with E-state index < -0.39 is 0 Å². The zero-order valence-electron chi connectivity index (χ0n) is 11.8. The van der Waals surface area contributed by atoms with Crippen molar-refractivity contribution in [3.63, 3.8) is 0 Å². The Labute approximate surface area is 142 Å². The highest BCUT2D eigenvalue weighted by molar-refractivity contribution is 9.11. The van der Waals surface area contributed by atoms with Crippen LogP contribution in [0.5, 0.6) is 5.75 Å². The summed E-state index contributed by atoms with van der Waals surface area (Å²) in [6.45, 7) is 4.96. The molecule has 0 fully saturated rings. The van der Waals surface area contributed by atoms with Gasteiger partial charge in [-0.05, 0) is 36.4 Å². The first kappa shape index (κ1) is 15.1. The third kappa shape index (κ3) is 3.34. The Morgan fingerprint density at radius 3 is 2.64 bits per heavy atom. The van der Waals surface area contributed by atoms with Gasteiger partial charge in [-0.2, -0.15) is 0 Å². The maximum absolute atomic E-state index is 5.88. The number of allylic oxidation sites excluding steroid dienone is 1. The van der Waals surface area contributed by atoms with E-state index in [4.69, 9.17) is 16.3 Å². The summed E-state index contributed by atoms with van der Waals surface area (Å²) in [6.07, 6.45) is 0. The van der Waals surface area contributed by atoms with Gasteiger partial charge in [0.1, 0.15) is 18.2 Å². The molecule has 3 aromatic rings. The van der Waals surface area contributed by atoms with E-state index in [0.717, 1.165) is 27.1 Å².